The molecule has 3 rings (SSSR count). The number of methoxy groups -OCH3 is 4. The van der Waals surface area contributed by atoms with E-state index in [1.165, 1.54) is 0 Å². The Bertz CT molecular complexity index is 676. The molecule has 0 bridgehead atoms. The predicted molar refractivity (Wildman–Crippen MR) is 78.8 cm³/mol. The van der Waals surface area contributed by atoms with Gasteiger partial charge < -0.3 is 23.7 Å². The maximum absolute atomic E-state index is 5.63. The summed E-state index contributed by atoms with van der Waals surface area (Å²) >= 11 is 0. The van der Waals surface area contributed by atoms with Gasteiger partial charge in [0.05, 0.1) is 45.8 Å². The van der Waals surface area contributed by atoms with Gasteiger partial charge in [-0.25, -0.2) is 0 Å². The van der Waals surface area contributed by atoms with E-state index in [0.29, 0.717) is 23.9 Å². The average Bonchev–Trinajstić information content (AvgIpc) is 3.36. The van der Waals surface area contributed by atoms with Crippen LogP contribution in [0.25, 0.3) is 10.8 Å². The molecule has 0 radical (unpaired) electrons. The minimum Gasteiger partial charge on any atom is -0.496 e. The van der Waals surface area contributed by atoms with E-state index in [-0.39, 0.29) is 6.10 Å². The van der Waals surface area contributed by atoms with Gasteiger partial charge in [-0.15, -0.1) is 0 Å². The second-order valence-corrected chi connectivity index (χ2v) is 4.74. The summed E-state index contributed by atoms with van der Waals surface area (Å²) in [4.78, 5) is 0. The van der Waals surface area contributed by atoms with Crippen molar-refractivity contribution in [3.8, 4) is 23.0 Å². The zero-order chi connectivity index (χ0) is 15.0. The summed E-state index contributed by atoms with van der Waals surface area (Å²) in [7, 11) is 6.54. The number of ether oxygens (including phenoxy) is 5. The van der Waals surface area contributed by atoms with Gasteiger partial charge in [0, 0.05) is 5.56 Å². The van der Waals surface area contributed by atoms with Crippen LogP contribution in [0.3, 0.4) is 0 Å². The highest BCUT2D eigenvalue weighted by Crippen LogP contribution is 2.50. The van der Waals surface area contributed by atoms with Crippen LogP contribution in [0.4, 0.5) is 0 Å². The van der Waals surface area contributed by atoms with Crippen LogP contribution >= 0.6 is 0 Å². The van der Waals surface area contributed by atoms with Crippen molar-refractivity contribution >= 4 is 10.8 Å². The van der Waals surface area contributed by atoms with Gasteiger partial charge in [0.1, 0.15) is 29.1 Å². The Labute approximate surface area is 123 Å². The van der Waals surface area contributed by atoms with Crippen molar-refractivity contribution in [1.29, 1.82) is 0 Å². The first-order valence-electron chi connectivity index (χ1n) is 6.66. The Morgan fingerprint density at radius 3 is 1.90 bits per heavy atom. The van der Waals surface area contributed by atoms with E-state index in [4.69, 9.17) is 23.7 Å². The minimum absolute atomic E-state index is 0.0501. The summed E-state index contributed by atoms with van der Waals surface area (Å²) < 4.78 is 27.5. The molecule has 1 aliphatic heterocycles. The first-order chi connectivity index (χ1) is 10.2. The molecule has 0 N–H and O–H groups in total. The lowest BCUT2D eigenvalue weighted by Gasteiger charge is -2.18. The highest BCUT2D eigenvalue weighted by Gasteiger charge is 2.32. The zero-order valence-corrected chi connectivity index (χ0v) is 12.6. The smallest absolute Gasteiger partial charge is 0.136 e. The third kappa shape index (κ3) is 2.14. The third-order valence-electron chi connectivity index (χ3n) is 3.70. The standard InChI is InChI=1S/C16H18O5/c1-17-10-5-6-11(18-2)15-14(10)12(19-3)7-9(13-8-21-13)16(15)20-4/h5-7,13H,8H2,1-4H3/t13-/m1/s1. The van der Waals surface area contributed by atoms with E-state index in [1.54, 1.807) is 28.4 Å². The predicted octanol–water partition coefficient (Wildman–Crippen LogP) is 2.95. The van der Waals surface area contributed by atoms with Gasteiger partial charge >= 0.3 is 0 Å². The molecule has 21 heavy (non-hydrogen) atoms. The Balaban J connectivity index is 2.44. The zero-order valence-electron chi connectivity index (χ0n) is 12.6. The van der Waals surface area contributed by atoms with Crippen molar-refractivity contribution in [1.82, 2.24) is 0 Å². The molecular formula is C16H18O5. The normalized spacial score (nSPS) is 16.7. The fourth-order valence-corrected chi connectivity index (χ4v) is 2.65. The van der Waals surface area contributed by atoms with Gasteiger partial charge in [-0.1, -0.05) is 0 Å². The largest absolute Gasteiger partial charge is 0.496 e. The lowest BCUT2D eigenvalue weighted by molar-refractivity contribution is 0.376. The second kappa shape index (κ2) is 5.33. The monoisotopic (exact) mass is 290 g/mol. The first-order valence-corrected chi connectivity index (χ1v) is 6.66. The van der Waals surface area contributed by atoms with E-state index in [9.17, 15) is 0 Å². The Morgan fingerprint density at radius 1 is 0.857 bits per heavy atom. The molecule has 1 heterocycles. The SMILES string of the molecule is COc1ccc(OC)c2c(OC)c([C@H]3CO3)cc(OC)c12. The molecule has 1 fully saturated rings. The number of fused-ring (bicyclic) bond motifs is 1. The number of benzene rings is 2. The lowest BCUT2D eigenvalue weighted by atomic mass is 10.0. The maximum atomic E-state index is 5.63. The van der Waals surface area contributed by atoms with Crippen molar-refractivity contribution in [2.45, 2.75) is 6.10 Å². The van der Waals surface area contributed by atoms with Crippen molar-refractivity contribution in [2.75, 3.05) is 35.0 Å². The van der Waals surface area contributed by atoms with Gasteiger partial charge in [0.15, 0.2) is 0 Å². The van der Waals surface area contributed by atoms with Gasteiger partial charge in [0.2, 0.25) is 0 Å². The van der Waals surface area contributed by atoms with Crippen LogP contribution in [0.2, 0.25) is 0 Å². The van der Waals surface area contributed by atoms with Gasteiger partial charge in [-0.3, -0.25) is 0 Å². The summed E-state index contributed by atoms with van der Waals surface area (Å²) in [5, 5.41) is 1.67. The molecule has 5 heteroatoms. The minimum atomic E-state index is 0.0501. The van der Waals surface area contributed by atoms with Gasteiger partial charge in [0.25, 0.3) is 0 Å². The number of hydrogen-bond donors (Lipinski definition) is 0. The molecule has 2 aromatic rings. The van der Waals surface area contributed by atoms with Crippen LogP contribution in [0, 0.1) is 0 Å². The highest BCUT2D eigenvalue weighted by molar-refractivity contribution is 6.03. The molecule has 0 spiro atoms. The fraction of sp³-hybridized carbons (Fsp3) is 0.375. The number of epoxide rings is 1. The topological polar surface area (TPSA) is 49.5 Å². The molecule has 1 saturated heterocycles. The summed E-state index contributed by atoms with van der Waals surface area (Å²) in [5.74, 6) is 2.88. The Hall–Kier alpha value is -2.14. The van der Waals surface area contributed by atoms with E-state index in [1.807, 2.05) is 18.2 Å². The number of hydrogen-bond acceptors (Lipinski definition) is 5. The summed E-state index contributed by atoms with van der Waals surface area (Å²) in [6.45, 7) is 0.692. The van der Waals surface area contributed by atoms with Crippen LogP contribution in [0.1, 0.15) is 11.7 Å². The van der Waals surface area contributed by atoms with E-state index >= 15 is 0 Å². The third-order valence-corrected chi connectivity index (χ3v) is 3.70. The van der Waals surface area contributed by atoms with Gasteiger partial charge in [-0.2, -0.15) is 0 Å². The molecule has 0 unspecified atom stereocenters. The van der Waals surface area contributed by atoms with Crippen molar-refractivity contribution in [3.63, 3.8) is 0 Å². The lowest BCUT2D eigenvalue weighted by Crippen LogP contribution is -1.99. The molecule has 0 aromatic heterocycles. The highest BCUT2D eigenvalue weighted by atomic mass is 16.6. The van der Waals surface area contributed by atoms with Crippen LogP contribution in [-0.2, 0) is 4.74 Å². The molecule has 0 saturated carbocycles. The Kier molecular flexibility index (Phi) is 3.51. The van der Waals surface area contributed by atoms with Crippen molar-refractivity contribution in [3.05, 3.63) is 23.8 Å². The Morgan fingerprint density at radius 2 is 1.43 bits per heavy atom. The van der Waals surface area contributed by atoms with Crippen molar-refractivity contribution in [2.24, 2.45) is 0 Å². The molecule has 1 aliphatic rings. The quantitative estimate of drug-likeness (QED) is 0.792. The first kappa shape index (κ1) is 13.8. The summed E-state index contributed by atoms with van der Waals surface area (Å²) in [6.07, 6.45) is 0.0501. The fourth-order valence-electron chi connectivity index (χ4n) is 2.65. The molecule has 112 valence electrons. The summed E-state index contributed by atoms with van der Waals surface area (Å²) in [5.41, 5.74) is 0.966. The van der Waals surface area contributed by atoms with Crippen molar-refractivity contribution < 1.29 is 23.7 Å². The van der Waals surface area contributed by atoms with E-state index in [0.717, 1.165) is 22.1 Å². The van der Waals surface area contributed by atoms with Crippen LogP contribution in [0.5, 0.6) is 23.0 Å². The molecule has 0 aliphatic carbocycles. The summed E-state index contributed by atoms with van der Waals surface area (Å²) in [6, 6.07) is 5.66. The van der Waals surface area contributed by atoms with Gasteiger partial charge in [-0.05, 0) is 18.2 Å². The van der Waals surface area contributed by atoms with Crippen LogP contribution in [0.15, 0.2) is 18.2 Å². The van der Waals surface area contributed by atoms with Crippen LogP contribution in [-0.4, -0.2) is 35.0 Å². The second-order valence-electron chi connectivity index (χ2n) is 4.74. The molecule has 1 atom stereocenters. The molecule has 5 nitrogen and oxygen atoms in total. The van der Waals surface area contributed by atoms with Crippen LogP contribution < -0.4 is 18.9 Å². The van der Waals surface area contributed by atoms with E-state index < -0.39 is 0 Å². The average molecular weight is 290 g/mol. The molecule has 0 amide bonds. The maximum Gasteiger partial charge on any atom is 0.136 e. The molecular weight excluding hydrogens is 272 g/mol. The van der Waals surface area contributed by atoms with E-state index in [2.05, 4.69) is 0 Å². The number of rotatable bonds is 5. The molecule has 2 aromatic carbocycles.